The van der Waals surface area contributed by atoms with E-state index >= 15 is 0 Å². The van der Waals surface area contributed by atoms with E-state index in [0.29, 0.717) is 12.0 Å². The first-order valence-electron chi connectivity index (χ1n) is 7.28. The van der Waals surface area contributed by atoms with E-state index in [1.165, 1.54) is 28.6 Å². The lowest BCUT2D eigenvalue weighted by Gasteiger charge is -2.22. The molecule has 1 aromatic rings. The van der Waals surface area contributed by atoms with Gasteiger partial charge in [0.25, 0.3) is 0 Å². The highest BCUT2D eigenvalue weighted by molar-refractivity contribution is 7.99. The lowest BCUT2D eigenvalue weighted by molar-refractivity contribution is 0.191. The molecule has 0 amide bonds. The van der Waals surface area contributed by atoms with Gasteiger partial charge in [0.05, 0.1) is 18.3 Å². The summed E-state index contributed by atoms with van der Waals surface area (Å²) in [6.45, 7) is 8.33. The highest BCUT2D eigenvalue weighted by Gasteiger charge is 2.29. The van der Waals surface area contributed by atoms with Crippen LogP contribution in [0, 0.1) is 5.92 Å². The van der Waals surface area contributed by atoms with Crippen molar-refractivity contribution in [1.29, 1.82) is 0 Å². The van der Waals surface area contributed by atoms with Crippen molar-refractivity contribution in [1.82, 2.24) is 10.3 Å². The van der Waals surface area contributed by atoms with E-state index in [0.717, 1.165) is 13.2 Å². The van der Waals surface area contributed by atoms with E-state index in [4.69, 9.17) is 9.72 Å². The Kier molecular flexibility index (Phi) is 5.90. The summed E-state index contributed by atoms with van der Waals surface area (Å²) in [5, 5.41) is 7.13. The minimum absolute atomic E-state index is 0.135. The molecule has 0 saturated carbocycles. The van der Waals surface area contributed by atoms with Gasteiger partial charge in [0.2, 0.25) is 0 Å². The van der Waals surface area contributed by atoms with Crippen LogP contribution in [-0.2, 0) is 10.2 Å². The van der Waals surface area contributed by atoms with E-state index in [2.05, 4.69) is 43.2 Å². The van der Waals surface area contributed by atoms with Gasteiger partial charge in [-0.05, 0) is 23.8 Å². The number of thioether (sulfide) groups is 1. The van der Waals surface area contributed by atoms with Crippen molar-refractivity contribution in [2.75, 3.05) is 31.8 Å². The zero-order valence-electron chi connectivity index (χ0n) is 12.9. The summed E-state index contributed by atoms with van der Waals surface area (Å²) < 4.78 is 5.17. The van der Waals surface area contributed by atoms with Gasteiger partial charge in [-0.15, -0.1) is 11.3 Å². The molecular formula is C15H26N2OS2. The third-order valence-electron chi connectivity index (χ3n) is 3.66. The Morgan fingerprint density at radius 3 is 2.85 bits per heavy atom. The van der Waals surface area contributed by atoms with Crippen molar-refractivity contribution in [2.24, 2.45) is 5.92 Å². The second kappa shape index (κ2) is 7.25. The molecule has 20 heavy (non-hydrogen) atoms. The standard InChI is InChI=1S/C15H26N2OS2/c1-15(2,3)12-10-20-14(17-12)13(16-6-7-18-4)11-5-8-19-9-11/h10-11,13,16H,5-9H2,1-4H3. The van der Waals surface area contributed by atoms with Crippen molar-refractivity contribution in [2.45, 2.75) is 38.6 Å². The predicted octanol–water partition coefficient (Wildman–Crippen LogP) is 3.47. The molecule has 2 heterocycles. The maximum atomic E-state index is 5.17. The third kappa shape index (κ3) is 4.20. The van der Waals surface area contributed by atoms with E-state index in [9.17, 15) is 0 Å². The minimum Gasteiger partial charge on any atom is -0.383 e. The van der Waals surface area contributed by atoms with Crippen LogP contribution in [0.25, 0.3) is 0 Å². The molecule has 2 unspecified atom stereocenters. The Balaban J connectivity index is 2.10. The Hall–Kier alpha value is -0.100. The molecule has 1 N–H and O–H groups in total. The van der Waals surface area contributed by atoms with Crippen LogP contribution in [0.4, 0.5) is 0 Å². The van der Waals surface area contributed by atoms with Crippen LogP contribution >= 0.6 is 23.1 Å². The van der Waals surface area contributed by atoms with Gasteiger partial charge in [-0.25, -0.2) is 4.98 Å². The average molecular weight is 315 g/mol. The van der Waals surface area contributed by atoms with Crippen molar-refractivity contribution >= 4 is 23.1 Å². The molecule has 1 aliphatic heterocycles. The van der Waals surface area contributed by atoms with Crippen LogP contribution in [0.1, 0.15) is 43.9 Å². The van der Waals surface area contributed by atoms with Gasteiger partial charge in [-0.1, -0.05) is 20.8 Å². The SMILES string of the molecule is COCCNC(c1nc(C(C)(C)C)cs1)C1CCSC1. The maximum Gasteiger partial charge on any atom is 0.110 e. The summed E-state index contributed by atoms with van der Waals surface area (Å²) in [7, 11) is 1.75. The third-order valence-corrected chi connectivity index (χ3v) is 5.78. The molecule has 1 saturated heterocycles. The van der Waals surface area contributed by atoms with Crippen molar-refractivity contribution in [3.63, 3.8) is 0 Å². The molecule has 114 valence electrons. The zero-order valence-corrected chi connectivity index (χ0v) is 14.6. The molecule has 0 radical (unpaired) electrons. The molecule has 5 heteroatoms. The van der Waals surface area contributed by atoms with Crippen LogP contribution in [0.2, 0.25) is 0 Å². The molecule has 0 spiro atoms. The first-order chi connectivity index (χ1) is 9.52. The van der Waals surface area contributed by atoms with Gasteiger partial charge in [0.1, 0.15) is 5.01 Å². The van der Waals surface area contributed by atoms with Crippen LogP contribution < -0.4 is 5.32 Å². The number of hydrogen-bond acceptors (Lipinski definition) is 5. The molecule has 1 aromatic heterocycles. The number of ether oxygens (including phenoxy) is 1. The van der Waals surface area contributed by atoms with Crippen molar-refractivity contribution in [3.8, 4) is 0 Å². The summed E-state index contributed by atoms with van der Waals surface area (Å²) in [6.07, 6.45) is 1.29. The van der Waals surface area contributed by atoms with Gasteiger partial charge < -0.3 is 10.1 Å². The molecule has 2 rings (SSSR count). The lowest BCUT2D eigenvalue weighted by atomic mass is 9.93. The van der Waals surface area contributed by atoms with Gasteiger partial charge >= 0.3 is 0 Å². The highest BCUT2D eigenvalue weighted by Crippen LogP contribution is 2.36. The summed E-state index contributed by atoms with van der Waals surface area (Å²) >= 11 is 3.87. The first kappa shape index (κ1) is 16.3. The van der Waals surface area contributed by atoms with Crippen LogP contribution in [0.5, 0.6) is 0 Å². The topological polar surface area (TPSA) is 34.1 Å². The fourth-order valence-corrected chi connectivity index (χ4v) is 4.87. The molecule has 1 aliphatic rings. The second-order valence-electron chi connectivity index (χ2n) is 6.37. The summed E-state index contributed by atoms with van der Waals surface area (Å²) in [5.74, 6) is 3.23. The van der Waals surface area contributed by atoms with Crippen LogP contribution in [-0.4, -0.2) is 36.8 Å². The van der Waals surface area contributed by atoms with E-state index in [-0.39, 0.29) is 5.41 Å². The van der Waals surface area contributed by atoms with Gasteiger partial charge in [0.15, 0.2) is 0 Å². The van der Waals surface area contributed by atoms with Crippen molar-refractivity contribution < 1.29 is 4.74 Å². The number of thiazole rings is 1. The Bertz CT molecular complexity index is 408. The number of nitrogens with zero attached hydrogens (tertiary/aromatic N) is 1. The number of methoxy groups -OCH3 is 1. The zero-order chi connectivity index (χ0) is 14.6. The first-order valence-corrected chi connectivity index (χ1v) is 9.32. The molecule has 2 atom stereocenters. The lowest BCUT2D eigenvalue weighted by Crippen LogP contribution is -2.31. The van der Waals surface area contributed by atoms with E-state index in [1.807, 2.05) is 0 Å². The molecular weight excluding hydrogens is 288 g/mol. The number of aromatic nitrogens is 1. The fourth-order valence-electron chi connectivity index (χ4n) is 2.36. The quantitative estimate of drug-likeness (QED) is 0.815. The largest absolute Gasteiger partial charge is 0.383 e. The predicted molar refractivity (Wildman–Crippen MR) is 88.9 cm³/mol. The Labute approximate surface area is 130 Å². The van der Waals surface area contributed by atoms with Crippen LogP contribution in [0.15, 0.2) is 5.38 Å². The van der Waals surface area contributed by atoms with E-state index < -0.39 is 0 Å². The van der Waals surface area contributed by atoms with Gasteiger partial charge in [0, 0.05) is 24.4 Å². The number of rotatable bonds is 6. The summed E-state index contributed by atoms with van der Waals surface area (Å²) in [4.78, 5) is 4.91. The summed E-state index contributed by atoms with van der Waals surface area (Å²) in [6, 6.07) is 0.390. The normalized spacial score (nSPS) is 21.3. The fraction of sp³-hybridized carbons (Fsp3) is 0.800. The molecule has 0 aromatic carbocycles. The maximum absolute atomic E-state index is 5.17. The van der Waals surface area contributed by atoms with Crippen molar-refractivity contribution in [3.05, 3.63) is 16.1 Å². The monoisotopic (exact) mass is 314 g/mol. The van der Waals surface area contributed by atoms with Gasteiger partial charge in [-0.3, -0.25) is 0 Å². The minimum atomic E-state index is 0.135. The molecule has 0 aliphatic carbocycles. The van der Waals surface area contributed by atoms with Gasteiger partial charge in [-0.2, -0.15) is 11.8 Å². The summed E-state index contributed by atoms with van der Waals surface area (Å²) in [5.41, 5.74) is 1.35. The second-order valence-corrected chi connectivity index (χ2v) is 8.41. The Morgan fingerprint density at radius 2 is 2.30 bits per heavy atom. The smallest absolute Gasteiger partial charge is 0.110 e. The molecule has 1 fully saturated rings. The highest BCUT2D eigenvalue weighted by atomic mass is 32.2. The van der Waals surface area contributed by atoms with E-state index in [1.54, 1.807) is 18.4 Å². The number of nitrogens with one attached hydrogen (secondary N) is 1. The number of hydrogen-bond donors (Lipinski definition) is 1. The Morgan fingerprint density at radius 1 is 1.50 bits per heavy atom. The van der Waals surface area contributed by atoms with Crippen LogP contribution in [0.3, 0.4) is 0 Å². The molecule has 0 bridgehead atoms. The average Bonchev–Trinajstić information content (AvgIpc) is 3.05. The molecule has 3 nitrogen and oxygen atoms in total.